The van der Waals surface area contributed by atoms with Crippen molar-refractivity contribution < 1.29 is 9.72 Å². The Balaban J connectivity index is 1.36. The second kappa shape index (κ2) is 8.69. The van der Waals surface area contributed by atoms with Gasteiger partial charge in [0.1, 0.15) is 0 Å². The molecule has 0 saturated carbocycles. The van der Waals surface area contributed by atoms with Crippen molar-refractivity contribution >= 4 is 11.6 Å². The third kappa shape index (κ3) is 4.45. The highest BCUT2D eigenvalue weighted by molar-refractivity contribution is 5.80. The summed E-state index contributed by atoms with van der Waals surface area (Å²) in [6, 6.07) is 16.6. The Bertz CT molecular complexity index is 850. The Morgan fingerprint density at radius 1 is 1.03 bits per heavy atom. The molecule has 2 aromatic rings. The Hall–Kier alpha value is -2.81. The van der Waals surface area contributed by atoms with Crippen molar-refractivity contribution in [2.75, 3.05) is 32.7 Å². The molecule has 2 heterocycles. The molecule has 2 fully saturated rings. The predicted molar refractivity (Wildman–Crippen MR) is 109 cm³/mol. The Morgan fingerprint density at radius 2 is 1.72 bits per heavy atom. The lowest BCUT2D eigenvalue weighted by Crippen LogP contribution is -2.50. The van der Waals surface area contributed by atoms with Crippen LogP contribution in [0.3, 0.4) is 0 Å². The van der Waals surface area contributed by atoms with E-state index in [2.05, 4.69) is 27.9 Å². The van der Waals surface area contributed by atoms with E-state index in [1.165, 1.54) is 17.7 Å². The smallest absolute Gasteiger partial charge is 0.269 e. The van der Waals surface area contributed by atoms with Crippen LogP contribution in [0.1, 0.15) is 17.2 Å². The Morgan fingerprint density at radius 3 is 2.38 bits per heavy atom. The average molecular weight is 395 g/mol. The van der Waals surface area contributed by atoms with Gasteiger partial charge in [0.05, 0.1) is 16.9 Å². The van der Waals surface area contributed by atoms with Gasteiger partial charge >= 0.3 is 0 Å². The van der Waals surface area contributed by atoms with Crippen LogP contribution in [-0.2, 0) is 11.3 Å². The maximum absolute atomic E-state index is 13.1. The van der Waals surface area contributed by atoms with Gasteiger partial charge < -0.3 is 4.90 Å². The number of piperazine rings is 1. The molecule has 1 amide bonds. The summed E-state index contributed by atoms with van der Waals surface area (Å²) in [5.74, 6) is -0.0951. The fourth-order valence-electron chi connectivity index (χ4n) is 4.05. The van der Waals surface area contributed by atoms with Crippen LogP contribution >= 0.6 is 0 Å². The molecule has 2 aliphatic heterocycles. The van der Waals surface area contributed by atoms with Crippen molar-refractivity contribution in [3.05, 3.63) is 75.8 Å². The number of nitro groups is 1. The zero-order valence-electron chi connectivity index (χ0n) is 16.2. The van der Waals surface area contributed by atoms with E-state index in [4.69, 9.17) is 0 Å². The SMILES string of the molecule is O=C(C1CNNC1c1ccc([N+](=O)[O-])cc1)N1CCN(Cc2ccccc2)CC1. The van der Waals surface area contributed by atoms with Crippen molar-refractivity contribution in [3.63, 3.8) is 0 Å². The number of carbonyl (C=O) groups is 1. The molecule has 0 aromatic heterocycles. The van der Waals surface area contributed by atoms with E-state index in [1.807, 2.05) is 23.1 Å². The number of nitrogens with zero attached hydrogens (tertiary/aromatic N) is 3. The average Bonchev–Trinajstić information content (AvgIpc) is 3.24. The van der Waals surface area contributed by atoms with Gasteiger partial charge in [0.2, 0.25) is 5.91 Å². The summed E-state index contributed by atoms with van der Waals surface area (Å²) >= 11 is 0. The van der Waals surface area contributed by atoms with E-state index in [0.717, 1.165) is 38.3 Å². The normalized spacial score (nSPS) is 22.6. The quantitative estimate of drug-likeness (QED) is 0.592. The molecule has 2 N–H and O–H groups in total. The minimum absolute atomic E-state index is 0.0529. The van der Waals surface area contributed by atoms with Gasteiger partial charge in [-0.2, -0.15) is 0 Å². The minimum Gasteiger partial charge on any atom is -0.340 e. The molecule has 0 bridgehead atoms. The number of nitrogens with one attached hydrogen (secondary N) is 2. The van der Waals surface area contributed by atoms with Crippen LogP contribution in [0, 0.1) is 16.0 Å². The van der Waals surface area contributed by atoms with Crippen molar-refractivity contribution in [1.29, 1.82) is 0 Å². The second-order valence-corrected chi connectivity index (χ2v) is 7.55. The first-order valence-electron chi connectivity index (χ1n) is 9.89. The van der Waals surface area contributed by atoms with Crippen LogP contribution in [0.2, 0.25) is 0 Å². The molecular weight excluding hydrogens is 370 g/mol. The first kappa shape index (κ1) is 19.5. The van der Waals surface area contributed by atoms with E-state index < -0.39 is 4.92 Å². The fraction of sp³-hybridized carbons (Fsp3) is 0.381. The van der Waals surface area contributed by atoms with Crippen LogP contribution in [0.25, 0.3) is 0 Å². The summed E-state index contributed by atoms with van der Waals surface area (Å²) in [5, 5.41) is 10.9. The molecule has 2 saturated heterocycles. The zero-order chi connectivity index (χ0) is 20.2. The number of nitro benzene ring substituents is 1. The molecule has 0 aliphatic carbocycles. The highest BCUT2D eigenvalue weighted by Crippen LogP contribution is 2.28. The monoisotopic (exact) mass is 395 g/mol. The molecule has 29 heavy (non-hydrogen) atoms. The molecular formula is C21H25N5O3. The molecule has 2 atom stereocenters. The molecule has 2 aliphatic rings. The summed E-state index contributed by atoms with van der Waals surface area (Å²) in [6.07, 6.45) is 0. The van der Waals surface area contributed by atoms with Crippen LogP contribution in [-0.4, -0.2) is 53.4 Å². The number of hydrogen-bond donors (Lipinski definition) is 2. The van der Waals surface area contributed by atoms with Gasteiger partial charge in [0.15, 0.2) is 0 Å². The lowest BCUT2D eigenvalue weighted by molar-refractivity contribution is -0.384. The number of non-ortho nitro benzene ring substituents is 1. The predicted octanol–water partition coefficient (Wildman–Crippen LogP) is 1.70. The van der Waals surface area contributed by atoms with Gasteiger partial charge in [0, 0.05) is 51.4 Å². The fourth-order valence-corrected chi connectivity index (χ4v) is 4.05. The largest absolute Gasteiger partial charge is 0.340 e. The van der Waals surface area contributed by atoms with Crippen LogP contribution in [0.5, 0.6) is 0 Å². The Labute approximate surface area is 169 Å². The van der Waals surface area contributed by atoms with Gasteiger partial charge in [-0.3, -0.25) is 25.2 Å². The van der Waals surface area contributed by atoms with E-state index in [1.54, 1.807) is 12.1 Å². The molecule has 0 radical (unpaired) electrons. The summed E-state index contributed by atoms with van der Waals surface area (Å²) < 4.78 is 0. The van der Waals surface area contributed by atoms with Crippen molar-refractivity contribution in [1.82, 2.24) is 20.7 Å². The molecule has 152 valence electrons. The van der Waals surface area contributed by atoms with Gasteiger partial charge in [-0.15, -0.1) is 0 Å². The van der Waals surface area contributed by atoms with Gasteiger partial charge in [-0.05, 0) is 11.1 Å². The van der Waals surface area contributed by atoms with Crippen LogP contribution < -0.4 is 10.9 Å². The third-order valence-electron chi connectivity index (χ3n) is 5.70. The second-order valence-electron chi connectivity index (χ2n) is 7.55. The standard InChI is InChI=1S/C21H25N5O3/c27-21(25-12-10-24(11-13-25)15-16-4-2-1-3-5-16)19-14-22-23-20(19)17-6-8-18(9-7-17)26(28)29/h1-9,19-20,22-23H,10-15H2. The van der Waals surface area contributed by atoms with Gasteiger partial charge in [-0.25, -0.2) is 5.43 Å². The first-order chi connectivity index (χ1) is 14.1. The van der Waals surface area contributed by atoms with E-state index in [-0.39, 0.29) is 23.6 Å². The molecule has 8 nitrogen and oxygen atoms in total. The number of carbonyl (C=O) groups excluding carboxylic acids is 1. The Kier molecular flexibility index (Phi) is 5.84. The molecule has 2 aromatic carbocycles. The van der Waals surface area contributed by atoms with Crippen molar-refractivity contribution in [2.24, 2.45) is 5.92 Å². The lowest BCUT2D eigenvalue weighted by Gasteiger charge is -2.36. The maximum Gasteiger partial charge on any atom is 0.269 e. The van der Waals surface area contributed by atoms with Gasteiger partial charge in [0.25, 0.3) is 5.69 Å². The molecule has 8 heteroatoms. The number of benzene rings is 2. The summed E-state index contributed by atoms with van der Waals surface area (Å²) in [5.41, 5.74) is 8.45. The third-order valence-corrected chi connectivity index (χ3v) is 5.70. The highest BCUT2D eigenvalue weighted by Gasteiger charge is 2.37. The maximum atomic E-state index is 13.1. The van der Waals surface area contributed by atoms with E-state index in [0.29, 0.717) is 6.54 Å². The first-order valence-corrected chi connectivity index (χ1v) is 9.89. The summed E-state index contributed by atoms with van der Waals surface area (Å²) in [6.45, 7) is 4.60. The van der Waals surface area contributed by atoms with Crippen LogP contribution in [0.15, 0.2) is 54.6 Å². The summed E-state index contributed by atoms with van der Waals surface area (Å²) in [4.78, 5) is 27.9. The van der Waals surface area contributed by atoms with Crippen molar-refractivity contribution in [2.45, 2.75) is 12.6 Å². The topological polar surface area (TPSA) is 90.7 Å². The lowest BCUT2D eigenvalue weighted by atomic mass is 9.93. The minimum atomic E-state index is -0.415. The molecule has 0 spiro atoms. The van der Waals surface area contributed by atoms with E-state index >= 15 is 0 Å². The molecule has 4 rings (SSSR count). The highest BCUT2D eigenvalue weighted by atomic mass is 16.6. The number of rotatable bonds is 5. The summed E-state index contributed by atoms with van der Waals surface area (Å²) in [7, 11) is 0. The van der Waals surface area contributed by atoms with E-state index in [9.17, 15) is 14.9 Å². The number of hydrazine groups is 1. The number of amides is 1. The number of hydrogen-bond acceptors (Lipinski definition) is 6. The van der Waals surface area contributed by atoms with Crippen LogP contribution in [0.4, 0.5) is 5.69 Å². The molecule has 2 unspecified atom stereocenters. The van der Waals surface area contributed by atoms with Crippen molar-refractivity contribution in [3.8, 4) is 0 Å². The van der Waals surface area contributed by atoms with Gasteiger partial charge in [-0.1, -0.05) is 42.5 Å². The zero-order valence-corrected chi connectivity index (χ0v) is 16.2.